The first kappa shape index (κ1) is 17.0. The van der Waals surface area contributed by atoms with E-state index in [0.717, 1.165) is 16.7 Å². The van der Waals surface area contributed by atoms with Crippen LogP contribution in [0.2, 0.25) is 0 Å². The van der Waals surface area contributed by atoms with Gasteiger partial charge in [-0.25, -0.2) is 4.39 Å². The molecule has 4 nitrogen and oxygen atoms in total. The fourth-order valence-corrected chi connectivity index (χ4v) is 2.93. The molecule has 1 aliphatic rings. The number of amides is 1. The van der Waals surface area contributed by atoms with Crippen LogP contribution in [0, 0.1) is 5.82 Å². The van der Waals surface area contributed by atoms with E-state index < -0.39 is 6.10 Å². The second-order valence-electron chi connectivity index (χ2n) is 6.28. The van der Waals surface area contributed by atoms with Crippen LogP contribution in [0.15, 0.2) is 84.0 Å². The lowest BCUT2D eigenvalue weighted by Gasteiger charge is -2.10. The van der Waals surface area contributed by atoms with Gasteiger partial charge in [-0.15, -0.1) is 0 Å². The summed E-state index contributed by atoms with van der Waals surface area (Å²) < 4.78 is 13.0. The summed E-state index contributed by atoms with van der Waals surface area (Å²) in [6, 6.07) is 23.6. The molecule has 1 atom stereocenters. The SMILES string of the molecule is O=C(Nc1ccc(-c2ccccc2)cc1)[C@@H]1CC(c2ccc(F)cc2)=NO1. The van der Waals surface area contributed by atoms with Gasteiger partial charge in [0.05, 0.1) is 5.71 Å². The Balaban J connectivity index is 1.38. The molecule has 0 saturated heterocycles. The van der Waals surface area contributed by atoms with E-state index in [2.05, 4.69) is 10.5 Å². The van der Waals surface area contributed by atoms with Gasteiger partial charge in [-0.1, -0.05) is 59.8 Å². The Morgan fingerprint density at radius 3 is 2.22 bits per heavy atom. The van der Waals surface area contributed by atoms with E-state index in [-0.39, 0.29) is 11.7 Å². The van der Waals surface area contributed by atoms with Gasteiger partial charge in [0.15, 0.2) is 0 Å². The van der Waals surface area contributed by atoms with Crippen molar-refractivity contribution in [1.82, 2.24) is 0 Å². The van der Waals surface area contributed by atoms with Crippen molar-refractivity contribution in [2.24, 2.45) is 5.16 Å². The number of hydrogen-bond donors (Lipinski definition) is 1. The number of rotatable bonds is 4. The minimum absolute atomic E-state index is 0.261. The number of benzene rings is 3. The topological polar surface area (TPSA) is 50.7 Å². The summed E-state index contributed by atoms with van der Waals surface area (Å²) in [5.41, 5.74) is 4.27. The van der Waals surface area contributed by atoms with Gasteiger partial charge >= 0.3 is 0 Å². The summed E-state index contributed by atoms with van der Waals surface area (Å²) in [6.07, 6.45) is -0.349. The molecule has 4 rings (SSSR count). The highest BCUT2D eigenvalue weighted by Gasteiger charge is 2.28. The Bertz CT molecular complexity index is 967. The maximum absolute atomic E-state index is 13.0. The number of carbonyl (C=O) groups excluding carboxylic acids is 1. The zero-order chi connectivity index (χ0) is 18.6. The lowest BCUT2D eigenvalue weighted by atomic mass is 10.0. The quantitative estimate of drug-likeness (QED) is 0.738. The molecule has 134 valence electrons. The van der Waals surface area contributed by atoms with Crippen LogP contribution in [-0.4, -0.2) is 17.7 Å². The van der Waals surface area contributed by atoms with E-state index in [0.29, 0.717) is 17.8 Å². The van der Waals surface area contributed by atoms with E-state index in [9.17, 15) is 9.18 Å². The Labute approximate surface area is 156 Å². The van der Waals surface area contributed by atoms with Crippen LogP contribution in [0.25, 0.3) is 11.1 Å². The summed E-state index contributed by atoms with van der Waals surface area (Å²) >= 11 is 0. The van der Waals surface area contributed by atoms with Crippen molar-refractivity contribution in [1.29, 1.82) is 0 Å². The third-order valence-corrected chi connectivity index (χ3v) is 4.40. The summed E-state index contributed by atoms with van der Waals surface area (Å²) in [5.74, 6) is -0.574. The summed E-state index contributed by atoms with van der Waals surface area (Å²) in [5, 5.41) is 6.81. The normalized spacial score (nSPS) is 15.7. The van der Waals surface area contributed by atoms with Gasteiger partial charge in [-0.2, -0.15) is 0 Å². The zero-order valence-electron chi connectivity index (χ0n) is 14.4. The van der Waals surface area contributed by atoms with Crippen molar-refractivity contribution in [3.8, 4) is 11.1 Å². The molecule has 0 saturated carbocycles. The molecular weight excluding hydrogens is 343 g/mol. The molecule has 3 aromatic rings. The summed E-state index contributed by atoms with van der Waals surface area (Å²) in [6.45, 7) is 0. The van der Waals surface area contributed by atoms with Gasteiger partial charge in [-0.05, 0) is 41.0 Å². The molecule has 0 bridgehead atoms. The van der Waals surface area contributed by atoms with Crippen molar-refractivity contribution < 1.29 is 14.0 Å². The Hall–Kier alpha value is -3.47. The molecule has 1 N–H and O–H groups in total. The van der Waals surface area contributed by atoms with Crippen LogP contribution in [0.1, 0.15) is 12.0 Å². The van der Waals surface area contributed by atoms with E-state index >= 15 is 0 Å². The summed E-state index contributed by atoms with van der Waals surface area (Å²) in [7, 11) is 0. The molecule has 0 radical (unpaired) electrons. The Morgan fingerprint density at radius 2 is 1.52 bits per heavy atom. The number of nitrogens with one attached hydrogen (secondary N) is 1. The fourth-order valence-electron chi connectivity index (χ4n) is 2.93. The zero-order valence-corrected chi connectivity index (χ0v) is 14.4. The molecule has 3 aromatic carbocycles. The molecule has 5 heteroatoms. The number of carbonyl (C=O) groups is 1. The van der Waals surface area contributed by atoms with Crippen LogP contribution in [0.4, 0.5) is 10.1 Å². The number of anilines is 1. The Kier molecular flexibility index (Phi) is 4.66. The molecule has 0 spiro atoms. The third kappa shape index (κ3) is 3.87. The lowest BCUT2D eigenvalue weighted by molar-refractivity contribution is -0.125. The third-order valence-electron chi connectivity index (χ3n) is 4.40. The maximum atomic E-state index is 13.0. The minimum Gasteiger partial charge on any atom is -0.382 e. The van der Waals surface area contributed by atoms with Crippen molar-refractivity contribution in [2.45, 2.75) is 12.5 Å². The van der Waals surface area contributed by atoms with Gasteiger partial charge in [0, 0.05) is 12.1 Å². The highest BCUT2D eigenvalue weighted by atomic mass is 19.1. The van der Waals surface area contributed by atoms with Crippen LogP contribution >= 0.6 is 0 Å². The largest absolute Gasteiger partial charge is 0.382 e. The predicted octanol–water partition coefficient (Wildman–Crippen LogP) is 4.62. The average Bonchev–Trinajstić information content (AvgIpc) is 3.20. The van der Waals surface area contributed by atoms with Gasteiger partial charge in [0.1, 0.15) is 5.82 Å². The average molecular weight is 360 g/mol. The molecule has 1 heterocycles. The van der Waals surface area contributed by atoms with Gasteiger partial charge in [0.25, 0.3) is 5.91 Å². The van der Waals surface area contributed by atoms with Crippen molar-refractivity contribution >= 4 is 17.3 Å². The fraction of sp³-hybridized carbons (Fsp3) is 0.0909. The van der Waals surface area contributed by atoms with Crippen molar-refractivity contribution in [2.75, 3.05) is 5.32 Å². The first-order chi connectivity index (χ1) is 13.2. The monoisotopic (exact) mass is 360 g/mol. The second kappa shape index (κ2) is 7.41. The van der Waals surface area contributed by atoms with Gasteiger partial charge in [-0.3, -0.25) is 4.79 Å². The predicted molar refractivity (Wildman–Crippen MR) is 103 cm³/mol. The van der Waals surface area contributed by atoms with Crippen molar-refractivity contribution in [3.63, 3.8) is 0 Å². The van der Waals surface area contributed by atoms with Crippen LogP contribution in [0.5, 0.6) is 0 Å². The number of oxime groups is 1. The first-order valence-corrected chi connectivity index (χ1v) is 8.64. The molecule has 0 aliphatic carbocycles. The van der Waals surface area contributed by atoms with Crippen molar-refractivity contribution in [3.05, 3.63) is 90.2 Å². The second-order valence-corrected chi connectivity index (χ2v) is 6.28. The summed E-state index contributed by atoms with van der Waals surface area (Å²) in [4.78, 5) is 17.7. The van der Waals surface area contributed by atoms with E-state index in [1.54, 1.807) is 12.1 Å². The molecule has 0 aromatic heterocycles. The van der Waals surface area contributed by atoms with E-state index in [4.69, 9.17) is 4.84 Å². The van der Waals surface area contributed by atoms with E-state index in [1.165, 1.54) is 12.1 Å². The maximum Gasteiger partial charge on any atom is 0.268 e. The number of hydrogen-bond acceptors (Lipinski definition) is 3. The minimum atomic E-state index is -0.696. The molecule has 1 aliphatic heterocycles. The lowest BCUT2D eigenvalue weighted by Crippen LogP contribution is -2.28. The molecular formula is C22H17FN2O2. The first-order valence-electron chi connectivity index (χ1n) is 8.64. The van der Waals surface area contributed by atoms with Crippen LogP contribution in [-0.2, 0) is 9.63 Å². The number of nitrogens with zero attached hydrogens (tertiary/aromatic N) is 1. The van der Waals surface area contributed by atoms with Gasteiger partial charge < -0.3 is 10.2 Å². The van der Waals surface area contributed by atoms with E-state index in [1.807, 2.05) is 54.6 Å². The molecule has 0 fully saturated rings. The van der Waals surface area contributed by atoms with Gasteiger partial charge in [0.2, 0.25) is 6.10 Å². The highest BCUT2D eigenvalue weighted by Crippen LogP contribution is 2.22. The van der Waals surface area contributed by atoms with Crippen LogP contribution in [0.3, 0.4) is 0 Å². The standard InChI is InChI=1S/C22H17FN2O2/c23-18-10-6-17(7-11-18)20-14-21(27-25-20)22(26)24-19-12-8-16(9-13-19)15-4-2-1-3-5-15/h1-13,21H,14H2,(H,24,26)/t21-/m0/s1. The number of halogens is 1. The Morgan fingerprint density at radius 1 is 0.889 bits per heavy atom. The highest BCUT2D eigenvalue weighted by molar-refractivity contribution is 6.06. The molecule has 1 amide bonds. The molecule has 27 heavy (non-hydrogen) atoms. The molecule has 0 unspecified atom stereocenters. The smallest absolute Gasteiger partial charge is 0.268 e. The van der Waals surface area contributed by atoms with Crippen LogP contribution < -0.4 is 5.32 Å².